The molecule has 0 heterocycles. The second-order valence-electron chi connectivity index (χ2n) is 7.88. The molecule has 0 aliphatic rings. The third kappa shape index (κ3) is 5.55. The second-order valence-corrected chi connectivity index (χ2v) is 7.88. The number of rotatable bonds is 8. The van der Waals surface area contributed by atoms with Gasteiger partial charge in [-0.2, -0.15) is 0 Å². The molecule has 4 aromatic carbocycles. The molecule has 0 aliphatic heterocycles. The third-order valence-corrected chi connectivity index (χ3v) is 5.42. The summed E-state index contributed by atoms with van der Waals surface area (Å²) in [4.78, 5) is 5.29. The van der Waals surface area contributed by atoms with Crippen LogP contribution in [0.5, 0.6) is 0 Å². The Morgan fingerprint density at radius 1 is 0.467 bits per heavy atom. The van der Waals surface area contributed by atoms with Crippen LogP contribution in [0, 0.1) is 0 Å². The van der Waals surface area contributed by atoms with Crippen molar-refractivity contribution in [3.05, 3.63) is 144 Å². The first kappa shape index (κ1) is 19.8. The number of hydrogen-bond acceptors (Lipinski definition) is 1. The van der Waals surface area contributed by atoms with Crippen molar-refractivity contribution in [2.24, 2.45) is 4.99 Å². The van der Waals surface area contributed by atoms with Gasteiger partial charge in [0.05, 0.1) is 5.54 Å². The number of benzene rings is 4. The van der Waals surface area contributed by atoms with Crippen LogP contribution in [-0.4, -0.2) is 11.8 Å². The van der Waals surface area contributed by atoms with E-state index in [1.165, 1.54) is 16.7 Å². The van der Waals surface area contributed by atoms with Gasteiger partial charge in [0, 0.05) is 6.21 Å². The third-order valence-electron chi connectivity index (χ3n) is 5.42. The molecular weight excluding hydrogens is 362 g/mol. The standard InChI is InChI=1S/C29H27N/c1-5-13-25(14-6-1)21-29(22-26-15-7-2-8-16-26,23-27-17-9-3-10-18-27)30-24-28-19-11-4-12-20-28/h1-20,24H,21-23H2/b30-24+. The molecule has 4 aromatic rings. The smallest absolute Gasteiger partial charge is 0.0728 e. The molecule has 0 aliphatic carbocycles. The van der Waals surface area contributed by atoms with Crippen LogP contribution in [-0.2, 0) is 19.3 Å². The molecule has 0 spiro atoms. The van der Waals surface area contributed by atoms with Gasteiger partial charge >= 0.3 is 0 Å². The summed E-state index contributed by atoms with van der Waals surface area (Å²) in [5.41, 5.74) is 4.81. The van der Waals surface area contributed by atoms with Crippen molar-refractivity contribution >= 4 is 6.21 Å². The molecule has 0 fully saturated rings. The zero-order valence-electron chi connectivity index (χ0n) is 17.2. The average Bonchev–Trinajstić information content (AvgIpc) is 2.80. The maximum Gasteiger partial charge on any atom is 0.0728 e. The van der Waals surface area contributed by atoms with Crippen molar-refractivity contribution in [3.63, 3.8) is 0 Å². The van der Waals surface area contributed by atoms with Crippen LogP contribution in [0.3, 0.4) is 0 Å². The Morgan fingerprint density at radius 3 is 1.17 bits per heavy atom. The van der Waals surface area contributed by atoms with E-state index in [0.29, 0.717) is 0 Å². The van der Waals surface area contributed by atoms with Crippen LogP contribution in [0.1, 0.15) is 22.3 Å². The van der Waals surface area contributed by atoms with Gasteiger partial charge in [-0.25, -0.2) is 0 Å². The molecule has 1 heteroatoms. The molecule has 0 saturated carbocycles. The molecule has 4 rings (SSSR count). The lowest BCUT2D eigenvalue weighted by atomic mass is 9.80. The van der Waals surface area contributed by atoms with Gasteiger partial charge in [0.15, 0.2) is 0 Å². The van der Waals surface area contributed by atoms with Gasteiger partial charge in [-0.05, 0) is 41.5 Å². The average molecular weight is 390 g/mol. The predicted octanol–water partition coefficient (Wildman–Crippen LogP) is 6.57. The Balaban J connectivity index is 1.76. The van der Waals surface area contributed by atoms with E-state index in [0.717, 1.165) is 24.8 Å². The summed E-state index contributed by atoms with van der Waals surface area (Å²) in [7, 11) is 0. The van der Waals surface area contributed by atoms with E-state index in [4.69, 9.17) is 4.99 Å². The maximum absolute atomic E-state index is 5.29. The van der Waals surface area contributed by atoms with Crippen molar-refractivity contribution in [1.82, 2.24) is 0 Å². The molecular formula is C29H27N. The van der Waals surface area contributed by atoms with E-state index in [1.54, 1.807) is 0 Å². The largest absolute Gasteiger partial charge is 0.285 e. The molecule has 0 atom stereocenters. The Labute approximate surface area is 179 Å². The molecule has 1 nitrogen and oxygen atoms in total. The Hall–Kier alpha value is -3.45. The number of nitrogens with zero attached hydrogens (tertiary/aromatic N) is 1. The van der Waals surface area contributed by atoms with Gasteiger partial charge in [-0.15, -0.1) is 0 Å². The summed E-state index contributed by atoms with van der Waals surface area (Å²) in [5.74, 6) is 0. The SMILES string of the molecule is C(=N\C(Cc1ccccc1)(Cc1ccccc1)Cc1ccccc1)/c1ccccc1. The van der Waals surface area contributed by atoms with Gasteiger partial charge in [0.25, 0.3) is 0 Å². The molecule has 0 bridgehead atoms. The fraction of sp³-hybridized carbons (Fsp3) is 0.138. The minimum Gasteiger partial charge on any atom is -0.285 e. The van der Waals surface area contributed by atoms with E-state index >= 15 is 0 Å². The Bertz CT molecular complexity index is 937. The van der Waals surface area contributed by atoms with Gasteiger partial charge < -0.3 is 0 Å². The summed E-state index contributed by atoms with van der Waals surface area (Å²) in [6.45, 7) is 0. The lowest BCUT2D eigenvalue weighted by molar-refractivity contribution is 0.421. The normalized spacial score (nSPS) is 11.6. The van der Waals surface area contributed by atoms with E-state index in [9.17, 15) is 0 Å². The van der Waals surface area contributed by atoms with Crippen LogP contribution >= 0.6 is 0 Å². The fourth-order valence-electron chi connectivity index (χ4n) is 4.00. The van der Waals surface area contributed by atoms with Gasteiger partial charge in [0.2, 0.25) is 0 Å². The minimum absolute atomic E-state index is 0.264. The molecule has 0 N–H and O–H groups in total. The van der Waals surface area contributed by atoms with Gasteiger partial charge in [-0.3, -0.25) is 4.99 Å². The Kier molecular flexibility index (Phi) is 6.51. The molecule has 0 aromatic heterocycles. The maximum atomic E-state index is 5.29. The highest BCUT2D eigenvalue weighted by Gasteiger charge is 2.30. The summed E-state index contributed by atoms with van der Waals surface area (Å²) < 4.78 is 0. The van der Waals surface area contributed by atoms with Crippen molar-refractivity contribution < 1.29 is 0 Å². The highest BCUT2D eigenvalue weighted by Crippen LogP contribution is 2.28. The van der Waals surface area contributed by atoms with Crippen LogP contribution in [0.4, 0.5) is 0 Å². The Morgan fingerprint density at radius 2 is 0.800 bits per heavy atom. The quantitative estimate of drug-likeness (QED) is 0.302. The molecule has 148 valence electrons. The van der Waals surface area contributed by atoms with E-state index in [1.807, 2.05) is 6.07 Å². The van der Waals surface area contributed by atoms with Crippen LogP contribution in [0.2, 0.25) is 0 Å². The van der Waals surface area contributed by atoms with Crippen molar-refractivity contribution in [1.29, 1.82) is 0 Å². The number of hydrogen-bond donors (Lipinski definition) is 0. The lowest BCUT2D eigenvalue weighted by Gasteiger charge is -2.31. The van der Waals surface area contributed by atoms with Gasteiger partial charge in [-0.1, -0.05) is 121 Å². The summed E-state index contributed by atoms with van der Waals surface area (Å²) in [5, 5.41) is 0. The van der Waals surface area contributed by atoms with Crippen molar-refractivity contribution in [2.45, 2.75) is 24.8 Å². The van der Waals surface area contributed by atoms with Crippen LogP contribution in [0.15, 0.2) is 126 Å². The van der Waals surface area contributed by atoms with Gasteiger partial charge in [0.1, 0.15) is 0 Å². The van der Waals surface area contributed by atoms with E-state index in [-0.39, 0.29) is 5.54 Å². The second kappa shape index (κ2) is 9.84. The molecule has 0 unspecified atom stereocenters. The van der Waals surface area contributed by atoms with Crippen LogP contribution < -0.4 is 0 Å². The molecule has 30 heavy (non-hydrogen) atoms. The fourth-order valence-corrected chi connectivity index (χ4v) is 4.00. The van der Waals surface area contributed by atoms with Crippen LogP contribution in [0.25, 0.3) is 0 Å². The highest BCUT2D eigenvalue weighted by atomic mass is 14.9. The minimum atomic E-state index is -0.264. The zero-order chi connectivity index (χ0) is 20.5. The summed E-state index contributed by atoms with van der Waals surface area (Å²) in [6, 6.07) is 42.6. The highest BCUT2D eigenvalue weighted by molar-refractivity contribution is 5.79. The van der Waals surface area contributed by atoms with Crippen molar-refractivity contribution in [3.8, 4) is 0 Å². The first-order chi connectivity index (χ1) is 14.8. The molecule has 0 amide bonds. The lowest BCUT2D eigenvalue weighted by Crippen LogP contribution is -2.35. The summed E-state index contributed by atoms with van der Waals surface area (Å²) >= 11 is 0. The van der Waals surface area contributed by atoms with E-state index in [2.05, 4.69) is 121 Å². The number of aliphatic imine (C=N–C) groups is 1. The first-order valence-corrected chi connectivity index (χ1v) is 10.5. The van der Waals surface area contributed by atoms with E-state index < -0.39 is 0 Å². The first-order valence-electron chi connectivity index (χ1n) is 10.5. The monoisotopic (exact) mass is 389 g/mol. The zero-order valence-corrected chi connectivity index (χ0v) is 17.2. The van der Waals surface area contributed by atoms with Crippen molar-refractivity contribution in [2.75, 3.05) is 0 Å². The predicted molar refractivity (Wildman–Crippen MR) is 127 cm³/mol. The summed E-state index contributed by atoms with van der Waals surface area (Å²) in [6.07, 6.45) is 4.72. The molecule has 0 saturated heterocycles. The topological polar surface area (TPSA) is 12.4 Å². The molecule has 0 radical (unpaired) electrons.